The molecule has 1 aliphatic rings. The summed E-state index contributed by atoms with van der Waals surface area (Å²) in [6.45, 7) is 6.25. The summed E-state index contributed by atoms with van der Waals surface area (Å²) in [6, 6.07) is 4.93. The van der Waals surface area contributed by atoms with Crippen molar-refractivity contribution in [2.75, 3.05) is 30.8 Å². The van der Waals surface area contributed by atoms with Crippen molar-refractivity contribution in [3.8, 4) is 0 Å². The lowest BCUT2D eigenvalue weighted by molar-refractivity contribution is 0.588. The molecule has 7 heteroatoms. The highest BCUT2D eigenvalue weighted by Gasteiger charge is 2.24. The average Bonchev–Trinajstić information content (AvgIpc) is 2.37. The van der Waals surface area contributed by atoms with E-state index in [9.17, 15) is 8.42 Å². The average molecular weight is 315 g/mol. The van der Waals surface area contributed by atoms with Crippen molar-refractivity contribution in [1.82, 2.24) is 4.72 Å². The minimum Gasteiger partial charge on any atom is -0.397 e. The van der Waals surface area contributed by atoms with Gasteiger partial charge in [-0.05, 0) is 25.2 Å². The summed E-state index contributed by atoms with van der Waals surface area (Å²) in [7, 11) is -2.05. The first kappa shape index (κ1) is 15.5. The van der Waals surface area contributed by atoms with E-state index in [1.165, 1.54) is 13.1 Å². The minimum atomic E-state index is -3.44. The highest BCUT2D eigenvalue weighted by molar-refractivity contribution is 8.00. The van der Waals surface area contributed by atoms with E-state index in [0.29, 0.717) is 16.2 Å². The molecule has 0 radical (unpaired) electrons. The zero-order valence-electron chi connectivity index (χ0n) is 12.0. The molecule has 2 atom stereocenters. The first-order chi connectivity index (χ1) is 9.33. The van der Waals surface area contributed by atoms with E-state index in [2.05, 4.69) is 23.5 Å². The van der Waals surface area contributed by atoms with Gasteiger partial charge in [-0.2, -0.15) is 11.8 Å². The normalized spacial score (nSPS) is 23.9. The Morgan fingerprint density at radius 1 is 1.30 bits per heavy atom. The van der Waals surface area contributed by atoms with Crippen molar-refractivity contribution >= 4 is 33.2 Å². The Morgan fingerprint density at radius 3 is 2.40 bits per heavy atom. The van der Waals surface area contributed by atoms with Gasteiger partial charge in [-0.25, -0.2) is 13.1 Å². The second-order valence-corrected chi connectivity index (χ2v) is 8.86. The molecule has 0 saturated carbocycles. The summed E-state index contributed by atoms with van der Waals surface area (Å²) in [5, 5.41) is 1.08. The standard InChI is InChI=1S/C13H21N3O2S2/c1-9-7-16(8-10(2)19-9)13-5-4-11(6-12(13)14)20(17,18)15-3/h4-6,9-10,15H,7-8,14H2,1-3H3. The molecule has 1 saturated heterocycles. The third-order valence-electron chi connectivity index (χ3n) is 3.34. The van der Waals surface area contributed by atoms with Crippen LogP contribution in [-0.2, 0) is 10.0 Å². The molecule has 1 fully saturated rings. The van der Waals surface area contributed by atoms with Crippen LogP contribution in [0.1, 0.15) is 13.8 Å². The summed E-state index contributed by atoms with van der Waals surface area (Å²) in [4.78, 5) is 2.44. The van der Waals surface area contributed by atoms with E-state index in [0.717, 1.165) is 18.8 Å². The Labute approximate surface area is 125 Å². The van der Waals surface area contributed by atoms with Crippen LogP contribution in [0.15, 0.2) is 23.1 Å². The molecular weight excluding hydrogens is 294 g/mol. The van der Waals surface area contributed by atoms with Gasteiger partial charge in [0.1, 0.15) is 0 Å². The SMILES string of the molecule is CNS(=O)(=O)c1ccc(N2CC(C)SC(C)C2)c(N)c1. The van der Waals surface area contributed by atoms with Crippen molar-refractivity contribution < 1.29 is 8.42 Å². The fourth-order valence-electron chi connectivity index (χ4n) is 2.48. The van der Waals surface area contributed by atoms with Gasteiger partial charge in [0.25, 0.3) is 0 Å². The number of sulfonamides is 1. The van der Waals surface area contributed by atoms with Crippen molar-refractivity contribution in [2.45, 2.75) is 29.2 Å². The summed E-state index contributed by atoms with van der Waals surface area (Å²) in [5.74, 6) is 0. The first-order valence-corrected chi connectivity index (χ1v) is 8.99. The number of hydrogen-bond acceptors (Lipinski definition) is 5. The summed E-state index contributed by atoms with van der Waals surface area (Å²) in [5.41, 5.74) is 7.48. The monoisotopic (exact) mass is 315 g/mol. The Balaban J connectivity index is 2.30. The topological polar surface area (TPSA) is 75.4 Å². The fourth-order valence-corrected chi connectivity index (χ4v) is 4.57. The summed E-state index contributed by atoms with van der Waals surface area (Å²) >= 11 is 1.97. The van der Waals surface area contributed by atoms with Crippen LogP contribution >= 0.6 is 11.8 Å². The van der Waals surface area contributed by atoms with Gasteiger partial charge in [-0.15, -0.1) is 0 Å². The van der Waals surface area contributed by atoms with Gasteiger partial charge in [-0.3, -0.25) is 0 Å². The van der Waals surface area contributed by atoms with E-state index in [-0.39, 0.29) is 4.90 Å². The number of nitrogens with one attached hydrogen (secondary N) is 1. The number of benzene rings is 1. The molecule has 1 heterocycles. The third-order valence-corrected chi connectivity index (χ3v) is 5.98. The molecule has 3 N–H and O–H groups in total. The van der Waals surface area contributed by atoms with Crippen LogP contribution in [0.2, 0.25) is 0 Å². The maximum absolute atomic E-state index is 11.8. The molecule has 5 nitrogen and oxygen atoms in total. The predicted molar refractivity (Wildman–Crippen MR) is 85.8 cm³/mol. The van der Waals surface area contributed by atoms with Gasteiger partial charge in [0.15, 0.2) is 0 Å². The molecule has 2 rings (SSSR count). The molecule has 1 aliphatic heterocycles. The van der Waals surface area contributed by atoms with Crippen molar-refractivity contribution in [3.05, 3.63) is 18.2 Å². The van der Waals surface area contributed by atoms with Gasteiger partial charge in [0.05, 0.1) is 16.3 Å². The molecule has 0 spiro atoms. The van der Waals surface area contributed by atoms with E-state index >= 15 is 0 Å². The number of nitrogens with zero attached hydrogens (tertiary/aromatic N) is 1. The van der Waals surface area contributed by atoms with E-state index in [1.807, 2.05) is 11.8 Å². The van der Waals surface area contributed by atoms with Crippen LogP contribution < -0.4 is 15.4 Å². The van der Waals surface area contributed by atoms with Gasteiger partial charge >= 0.3 is 0 Å². The van der Waals surface area contributed by atoms with Gasteiger partial charge in [0.2, 0.25) is 10.0 Å². The molecule has 1 aromatic rings. The summed E-state index contributed by atoms with van der Waals surface area (Å²) in [6.07, 6.45) is 0. The summed E-state index contributed by atoms with van der Waals surface area (Å²) < 4.78 is 25.8. The second-order valence-electron chi connectivity index (χ2n) is 5.09. The van der Waals surface area contributed by atoms with Gasteiger partial charge < -0.3 is 10.6 Å². The molecular formula is C13H21N3O2S2. The maximum Gasteiger partial charge on any atom is 0.240 e. The van der Waals surface area contributed by atoms with E-state index in [4.69, 9.17) is 5.73 Å². The lowest BCUT2D eigenvalue weighted by Crippen LogP contribution is -2.40. The number of rotatable bonds is 3. The zero-order chi connectivity index (χ0) is 14.9. The van der Waals surface area contributed by atoms with Crippen molar-refractivity contribution in [1.29, 1.82) is 0 Å². The lowest BCUT2D eigenvalue weighted by atomic mass is 10.2. The molecule has 0 aromatic heterocycles. The van der Waals surface area contributed by atoms with Gasteiger partial charge in [-0.1, -0.05) is 13.8 Å². The highest BCUT2D eigenvalue weighted by atomic mass is 32.2. The molecule has 0 amide bonds. The Morgan fingerprint density at radius 2 is 1.90 bits per heavy atom. The number of hydrogen-bond donors (Lipinski definition) is 2. The highest BCUT2D eigenvalue weighted by Crippen LogP contribution is 2.32. The van der Waals surface area contributed by atoms with Gasteiger partial charge in [0, 0.05) is 23.6 Å². The van der Waals surface area contributed by atoms with E-state index < -0.39 is 10.0 Å². The maximum atomic E-state index is 11.8. The predicted octanol–water partition coefficient (Wildman–Crippen LogP) is 1.51. The molecule has 112 valence electrons. The Bertz CT molecular complexity index is 579. The Kier molecular flexibility index (Phi) is 4.51. The molecule has 0 bridgehead atoms. The number of nitrogens with two attached hydrogens (primary N) is 1. The number of thioether (sulfide) groups is 1. The smallest absolute Gasteiger partial charge is 0.240 e. The Hall–Kier alpha value is -0.920. The lowest BCUT2D eigenvalue weighted by Gasteiger charge is -2.36. The molecule has 0 aliphatic carbocycles. The van der Waals surface area contributed by atoms with Crippen molar-refractivity contribution in [2.24, 2.45) is 0 Å². The van der Waals surface area contributed by atoms with Crippen molar-refractivity contribution in [3.63, 3.8) is 0 Å². The van der Waals surface area contributed by atoms with Crippen LogP contribution in [-0.4, -0.2) is 39.1 Å². The second kappa shape index (κ2) is 5.83. The van der Waals surface area contributed by atoms with Crippen LogP contribution in [0.4, 0.5) is 11.4 Å². The minimum absolute atomic E-state index is 0.203. The quantitative estimate of drug-likeness (QED) is 0.827. The van der Waals surface area contributed by atoms with Crippen LogP contribution in [0.3, 0.4) is 0 Å². The number of nitrogen functional groups attached to an aromatic ring is 1. The van der Waals surface area contributed by atoms with E-state index in [1.54, 1.807) is 12.1 Å². The fraction of sp³-hybridized carbons (Fsp3) is 0.538. The largest absolute Gasteiger partial charge is 0.397 e. The zero-order valence-corrected chi connectivity index (χ0v) is 13.6. The van der Waals surface area contributed by atoms with Crippen LogP contribution in [0, 0.1) is 0 Å². The number of anilines is 2. The van der Waals surface area contributed by atoms with Crippen LogP contribution in [0.25, 0.3) is 0 Å². The first-order valence-electron chi connectivity index (χ1n) is 6.57. The third kappa shape index (κ3) is 3.21. The molecule has 2 unspecified atom stereocenters. The molecule has 20 heavy (non-hydrogen) atoms. The van der Waals surface area contributed by atoms with Crippen LogP contribution in [0.5, 0.6) is 0 Å². The molecule has 1 aromatic carbocycles.